The summed E-state index contributed by atoms with van der Waals surface area (Å²) in [7, 11) is 0. The predicted molar refractivity (Wildman–Crippen MR) is 81.3 cm³/mol. The Morgan fingerprint density at radius 3 is 2.26 bits per heavy atom. The highest BCUT2D eigenvalue weighted by atomic mass is 15.2. The van der Waals surface area contributed by atoms with Crippen molar-refractivity contribution in [2.45, 2.75) is 59.4 Å². The van der Waals surface area contributed by atoms with Crippen LogP contribution in [0.5, 0.6) is 0 Å². The summed E-state index contributed by atoms with van der Waals surface area (Å²) in [5, 5.41) is 0. The molecule has 1 saturated carbocycles. The third-order valence-corrected chi connectivity index (χ3v) is 6.90. The quantitative estimate of drug-likeness (QED) is 0.755. The first kappa shape index (κ1) is 13.9. The van der Waals surface area contributed by atoms with E-state index in [0.29, 0.717) is 10.8 Å². The van der Waals surface area contributed by atoms with Crippen molar-refractivity contribution in [1.82, 2.24) is 9.80 Å². The molecule has 0 aromatic carbocycles. The molecule has 0 N–H and O–H groups in total. The molecule has 3 rings (SSSR count). The van der Waals surface area contributed by atoms with Gasteiger partial charge in [-0.25, -0.2) is 0 Å². The van der Waals surface area contributed by atoms with Crippen molar-refractivity contribution < 1.29 is 0 Å². The van der Waals surface area contributed by atoms with Crippen molar-refractivity contribution in [3.05, 3.63) is 0 Å². The first-order valence-corrected chi connectivity index (χ1v) is 8.39. The van der Waals surface area contributed by atoms with E-state index in [9.17, 15) is 0 Å². The Morgan fingerprint density at radius 2 is 1.58 bits per heavy atom. The summed E-state index contributed by atoms with van der Waals surface area (Å²) in [6.07, 6.45) is 5.70. The van der Waals surface area contributed by atoms with Crippen molar-refractivity contribution in [2.75, 3.05) is 32.7 Å². The summed E-state index contributed by atoms with van der Waals surface area (Å²) in [5.41, 5.74) is 1.09. The van der Waals surface area contributed by atoms with Gasteiger partial charge in [-0.15, -0.1) is 0 Å². The molecule has 2 heteroatoms. The average Bonchev–Trinajstić information content (AvgIpc) is 2.85. The lowest BCUT2D eigenvalue weighted by atomic mass is 10.0. The Labute approximate surface area is 119 Å². The van der Waals surface area contributed by atoms with E-state index in [4.69, 9.17) is 0 Å². The van der Waals surface area contributed by atoms with Gasteiger partial charge in [0.05, 0.1) is 0 Å². The zero-order valence-corrected chi connectivity index (χ0v) is 13.4. The molecule has 0 aromatic heterocycles. The average molecular weight is 264 g/mol. The molecule has 0 aromatic rings. The van der Waals surface area contributed by atoms with Crippen LogP contribution in [0.1, 0.15) is 53.4 Å². The lowest BCUT2D eigenvalue weighted by molar-refractivity contribution is 0.133. The lowest BCUT2D eigenvalue weighted by Gasteiger charge is -2.35. The van der Waals surface area contributed by atoms with Gasteiger partial charge in [-0.05, 0) is 55.6 Å². The van der Waals surface area contributed by atoms with E-state index >= 15 is 0 Å². The maximum atomic E-state index is 2.79. The zero-order chi connectivity index (χ0) is 13.7. The fraction of sp³-hybridized carbons (Fsp3) is 1.00. The van der Waals surface area contributed by atoms with Gasteiger partial charge in [0.1, 0.15) is 0 Å². The number of rotatable bonds is 2. The number of nitrogens with zero attached hydrogens (tertiary/aromatic N) is 2. The maximum Gasteiger partial charge on any atom is 0.0223 e. The second kappa shape index (κ2) is 4.73. The number of piperidine rings is 1. The van der Waals surface area contributed by atoms with Crippen molar-refractivity contribution in [3.8, 4) is 0 Å². The third kappa shape index (κ3) is 2.35. The van der Waals surface area contributed by atoms with Crippen LogP contribution in [0.4, 0.5) is 0 Å². The second-order valence-corrected chi connectivity index (χ2v) is 8.29. The molecule has 3 aliphatic rings. The molecule has 0 radical (unpaired) electrons. The molecule has 2 nitrogen and oxygen atoms in total. The van der Waals surface area contributed by atoms with E-state index in [1.807, 2.05) is 0 Å². The summed E-state index contributed by atoms with van der Waals surface area (Å²) < 4.78 is 0. The van der Waals surface area contributed by atoms with Crippen molar-refractivity contribution in [1.29, 1.82) is 0 Å². The Morgan fingerprint density at radius 1 is 0.895 bits per heavy atom. The highest BCUT2D eigenvalue weighted by Crippen LogP contribution is 2.68. The Balaban J connectivity index is 1.60. The van der Waals surface area contributed by atoms with Crippen molar-refractivity contribution >= 4 is 0 Å². The molecule has 110 valence electrons. The van der Waals surface area contributed by atoms with Crippen molar-refractivity contribution in [3.63, 3.8) is 0 Å². The molecule has 2 heterocycles. The van der Waals surface area contributed by atoms with E-state index in [0.717, 1.165) is 12.0 Å². The Kier molecular flexibility index (Phi) is 3.46. The molecule has 0 spiro atoms. The van der Waals surface area contributed by atoms with Gasteiger partial charge in [0.15, 0.2) is 0 Å². The van der Waals surface area contributed by atoms with Crippen LogP contribution >= 0.6 is 0 Å². The minimum atomic E-state index is 0.547. The van der Waals surface area contributed by atoms with Crippen LogP contribution in [0.2, 0.25) is 0 Å². The fourth-order valence-electron chi connectivity index (χ4n) is 4.66. The van der Waals surface area contributed by atoms with Crippen LogP contribution in [0, 0.1) is 16.7 Å². The first-order valence-electron chi connectivity index (χ1n) is 8.39. The van der Waals surface area contributed by atoms with E-state index in [1.54, 1.807) is 0 Å². The van der Waals surface area contributed by atoms with Gasteiger partial charge in [-0.3, -0.25) is 4.90 Å². The van der Waals surface area contributed by atoms with Crippen LogP contribution < -0.4 is 0 Å². The second-order valence-electron chi connectivity index (χ2n) is 8.29. The first-order chi connectivity index (χ1) is 8.93. The summed E-state index contributed by atoms with van der Waals surface area (Å²) >= 11 is 0. The zero-order valence-electron chi connectivity index (χ0n) is 13.4. The monoisotopic (exact) mass is 264 g/mol. The third-order valence-electron chi connectivity index (χ3n) is 6.90. The van der Waals surface area contributed by atoms with Gasteiger partial charge < -0.3 is 4.90 Å². The largest absolute Gasteiger partial charge is 0.301 e. The topological polar surface area (TPSA) is 6.48 Å². The Hall–Kier alpha value is -0.0800. The highest BCUT2D eigenvalue weighted by Gasteiger charge is 2.64. The van der Waals surface area contributed by atoms with Crippen LogP contribution in [-0.2, 0) is 0 Å². The lowest BCUT2D eigenvalue weighted by Crippen LogP contribution is -2.44. The summed E-state index contributed by atoms with van der Waals surface area (Å²) in [6.45, 7) is 16.6. The molecule has 0 bridgehead atoms. The smallest absolute Gasteiger partial charge is 0.0223 e. The van der Waals surface area contributed by atoms with E-state index in [-0.39, 0.29) is 0 Å². The highest BCUT2D eigenvalue weighted by molar-refractivity contribution is 5.13. The molecular weight excluding hydrogens is 232 g/mol. The van der Waals surface area contributed by atoms with E-state index < -0.39 is 0 Å². The minimum Gasteiger partial charge on any atom is -0.301 e. The Bertz CT molecular complexity index is 320. The van der Waals surface area contributed by atoms with E-state index in [2.05, 4.69) is 37.5 Å². The van der Waals surface area contributed by atoms with Crippen molar-refractivity contribution in [2.24, 2.45) is 16.7 Å². The summed E-state index contributed by atoms with van der Waals surface area (Å²) in [6, 6.07) is 0.862. The normalized spacial score (nSPS) is 35.7. The van der Waals surface area contributed by atoms with Crippen LogP contribution in [0.25, 0.3) is 0 Å². The van der Waals surface area contributed by atoms with Gasteiger partial charge in [0.2, 0.25) is 0 Å². The molecule has 2 aliphatic heterocycles. The van der Waals surface area contributed by atoms with Gasteiger partial charge in [-0.1, -0.05) is 34.1 Å². The maximum absolute atomic E-state index is 2.79. The standard InChI is InChI=1S/C17H32N2/c1-16(2)15(17(16,3)4)13-18-9-7-11-19-10-6-5-8-14(19)12-18/h14-15H,5-13H2,1-4H3. The fourth-order valence-corrected chi connectivity index (χ4v) is 4.66. The SMILES string of the molecule is CC1(C)C(CN2CCCN3CCCCC3C2)C1(C)C. The molecule has 1 unspecified atom stereocenters. The van der Waals surface area contributed by atoms with Gasteiger partial charge in [0, 0.05) is 19.1 Å². The van der Waals surface area contributed by atoms with Crippen LogP contribution in [0.3, 0.4) is 0 Å². The molecule has 1 atom stereocenters. The van der Waals surface area contributed by atoms with Gasteiger partial charge >= 0.3 is 0 Å². The molecule has 3 fully saturated rings. The summed E-state index contributed by atoms with van der Waals surface area (Å²) in [4.78, 5) is 5.56. The molecule has 2 saturated heterocycles. The molecule has 0 amide bonds. The minimum absolute atomic E-state index is 0.547. The van der Waals surface area contributed by atoms with E-state index in [1.165, 1.54) is 58.4 Å². The van der Waals surface area contributed by atoms with Gasteiger partial charge in [0.25, 0.3) is 0 Å². The molecule has 1 aliphatic carbocycles. The molecule has 19 heavy (non-hydrogen) atoms. The number of hydrogen-bond donors (Lipinski definition) is 0. The number of fused-ring (bicyclic) bond motifs is 1. The van der Waals surface area contributed by atoms with Gasteiger partial charge in [-0.2, -0.15) is 0 Å². The summed E-state index contributed by atoms with van der Waals surface area (Å²) in [5.74, 6) is 0.898. The van der Waals surface area contributed by atoms with Crippen LogP contribution in [0.15, 0.2) is 0 Å². The van der Waals surface area contributed by atoms with Crippen LogP contribution in [-0.4, -0.2) is 48.6 Å². The predicted octanol–water partition coefficient (Wildman–Crippen LogP) is 3.23. The number of hydrogen-bond acceptors (Lipinski definition) is 2. The molecular formula is C17H32N2.